The first-order valence-electron chi connectivity index (χ1n) is 1.94. The van der Waals surface area contributed by atoms with Crippen molar-refractivity contribution in [2.45, 2.75) is 0 Å². The quantitative estimate of drug-likeness (QED) is 0.300. The number of aromatic amines is 1. The molecule has 0 saturated carbocycles. The van der Waals surface area contributed by atoms with Crippen LogP contribution in [-0.4, -0.2) is 63.4 Å². The maximum atomic E-state index is 9.65. The first-order chi connectivity index (χ1) is 4.29. The maximum absolute atomic E-state index is 9.65. The summed E-state index contributed by atoms with van der Waals surface area (Å²) < 4.78 is 0. The molecule has 1 aromatic heterocycles. The van der Waals surface area contributed by atoms with Crippen LogP contribution in [0.3, 0.4) is 0 Å². The Kier molecular flexibility index (Phi) is 4.16. The fourth-order valence-corrected chi connectivity index (χ4v) is 0.293. The van der Waals surface area contributed by atoms with Gasteiger partial charge in [0.15, 0.2) is 5.03 Å². The number of hydrazine groups is 1. The average molecular weight is 172 g/mol. The number of tetrazole rings is 1. The molecule has 0 fully saturated rings. The van der Waals surface area contributed by atoms with E-state index in [0.717, 1.165) is 0 Å². The van der Waals surface area contributed by atoms with Gasteiger partial charge in [-0.05, 0) is 10.4 Å². The van der Waals surface area contributed by atoms with Crippen LogP contribution in [0.1, 0.15) is 0 Å². The molecular formula is CH4CaN6O2. The molecule has 1 heterocycles. The zero-order valence-electron chi connectivity index (χ0n) is 4.11. The van der Waals surface area contributed by atoms with Gasteiger partial charge in [0.25, 0.3) is 0 Å². The van der Waals surface area contributed by atoms with E-state index in [-0.39, 0.29) is 43.7 Å². The van der Waals surface area contributed by atoms with Crippen molar-refractivity contribution >= 4 is 43.7 Å². The molecule has 0 aliphatic carbocycles. The third-order valence-corrected chi connectivity index (χ3v) is 0.543. The Balaban J connectivity index is 0.000000810. The van der Waals surface area contributed by atoms with Gasteiger partial charge in [-0.2, -0.15) is 0 Å². The van der Waals surface area contributed by atoms with Gasteiger partial charge in [0.2, 0.25) is 0 Å². The fourth-order valence-electron chi connectivity index (χ4n) is 0.293. The van der Waals surface area contributed by atoms with Gasteiger partial charge in [-0.15, -0.1) is 0 Å². The van der Waals surface area contributed by atoms with Crippen molar-refractivity contribution in [1.29, 1.82) is 0 Å². The zero-order valence-corrected chi connectivity index (χ0v) is 4.11. The van der Waals surface area contributed by atoms with Crippen LogP contribution in [0, 0.1) is 10.1 Å². The molecule has 0 unspecified atom stereocenters. The van der Waals surface area contributed by atoms with E-state index < -0.39 is 5.03 Å². The van der Waals surface area contributed by atoms with Gasteiger partial charge < -0.3 is 0 Å². The van der Waals surface area contributed by atoms with E-state index in [2.05, 4.69) is 20.6 Å². The van der Waals surface area contributed by atoms with Gasteiger partial charge in [-0.3, -0.25) is 0 Å². The Morgan fingerprint density at radius 1 is 1.70 bits per heavy atom. The Bertz CT molecular complexity index is 196. The predicted octanol–water partition coefficient (Wildman–Crippen LogP) is -2.11. The van der Waals surface area contributed by atoms with Crippen LogP contribution in [0.4, 0.5) is 5.95 Å². The Morgan fingerprint density at radius 3 is 2.80 bits per heavy atom. The second-order valence-corrected chi connectivity index (χ2v) is 1.12. The monoisotopic (exact) mass is 172 g/mol. The summed E-state index contributed by atoms with van der Waals surface area (Å²) in [6, 6.07) is 0. The number of rotatable bonds is 2. The molecular weight excluding hydrogens is 168 g/mol. The van der Waals surface area contributed by atoms with Gasteiger partial charge in [0.05, 0.1) is 0 Å². The normalized spacial score (nSPS) is 8.00. The topological polar surface area (TPSA) is 110 Å². The molecule has 0 aromatic carbocycles. The van der Waals surface area contributed by atoms with E-state index in [4.69, 9.17) is 0 Å². The van der Waals surface area contributed by atoms with E-state index in [9.17, 15) is 10.1 Å². The number of nitrogens with zero attached hydrogens (tertiary/aromatic N) is 4. The van der Waals surface area contributed by atoms with Crippen molar-refractivity contribution < 1.29 is 5.03 Å². The number of anilines is 1. The molecule has 9 heteroatoms. The van der Waals surface area contributed by atoms with Crippen molar-refractivity contribution in [3.8, 4) is 0 Å². The SMILES string of the molecule is O=[N+]([O-])Nc1nnn[nH]1.[CaH2]. The summed E-state index contributed by atoms with van der Waals surface area (Å²) in [6.07, 6.45) is 0. The van der Waals surface area contributed by atoms with E-state index in [0.29, 0.717) is 0 Å². The number of hydrogen-bond acceptors (Lipinski definition) is 5. The van der Waals surface area contributed by atoms with Crippen molar-refractivity contribution in [2.75, 3.05) is 5.43 Å². The Labute approximate surface area is 84.5 Å². The molecule has 0 aliphatic heterocycles. The van der Waals surface area contributed by atoms with Crippen LogP contribution in [0.5, 0.6) is 0 Å². The molecule has 0 amide bonds. The van der Waals surface area contributed by atoms with Crippen molar-refractivity contribution in [2.24, 2.45) is 0 Å². The molecule has 0 saturated heterocycles. The Morgan fingerprint density at radius 2 is 2.40 bits per heavy atom. The molecule has 52 valence electrons. The third kappa shape index (κ3) is 2.90. The summed E-state index contributed by atoms with van der Waals surface area (Å²) in [7, 11) is 0. The van der Waals surface area contributed by atoms with E-state index in [1.54, 1.807) is 5.43 Å². The average Bonchev–Trinajstić information content (AvgIpc) is 2.15. The number of nitro groups is 1. The standard InChI is InChI=1S/CH2N6O2.Ca.2H/c8-7(9)4-1-2-5-6-3-1;;;/h(H2,2,3,4,5,6);;;. The summed E-state index contributed by atoms with van der Waals surface area (Å²) in [5.74, 6) is -0.0833. The molecule has 1 aromatic rings. The number of nitrogens with one attached hydrogen (secondary N) is 2. The van der Waals surface area contributed by atoms with Crippen LogP contribution in [0.2, 0.25) is 0 Å². The molecule has 2 N–H and O–H groups in total. The molecule has 0 atom stereocenters. The minimum absolute atomic E-state index is 0. The summed E-state index contributed by atoms with van der Waals surface area (Å²) in [5.41, 5.74) is 1.72. The zero-order chi connectivity index (χ0) is 6.69. The Hall–Kier alpha value is -0.470. The first kappa shape index (κ1) is 9.53. The number of H-pyrrole nitrogens is 1. The number of aromatic nitrogens is 4. The third-order valence-electron chi connectivity index (χ3n) is 0.543. The molecule has 10 heavy (non-hydrogen) atoms. The number of hydrogen-bond donors (Lipinski definition) is 2. The van der Waals surface area contributed by atoms with Gasteiger partial charge in [0.1, 0.15) is 0 Å². The second-order valence-electron chi connectivity index (χ2n) is 1.12. The van der Waals surface area contributed by atoms with Crippen molar-refractivity contribution in [3.05, 3.63) is 10.1 Å². The fraction of sp³-hybridized carbons (Fsp3) is 0. The van der Waals surface area contributed by atoms with Crippen LogP contribution in [0.15, 0.2) is 0 Å². The summed E-state index contributed by atoms with van der Waals surface area (Å²) in [4.78, 5) is 9.65. The van der Waals surface area contributed by atoms with Gasteiger partial charge in [0, 0.05) is 0 Å². The molecule has 1 rings (SSSR count). The van der Waals surface area contributed by atoms with Gasteiger partial charge >= 0.3 is 43.7 Å². The first-order valence-corrected chi connectivity index (χ1v) is 1.94. The van der Waals surface area contributed by atoms with Crippen molar-refractivity contribution in [3.63, 3.8) is 0 Å². The van der Waals surface area contributed by atoms with Crippen LogP contribution in [-0.2, 0) is 0 Å². The van der Waals surface area contributed by atoms with Crippen LogP contribution >= 0.6 is 0 Å². The van der Waals surface area contributed by atoms with E-state index in [1.165, 1.54) is 0 Å². The predicted molar refractivity (Wildman–Crippen MR) is 33.3 cm³/mol. The van der Waals surface area contributed by atoms with E-state index >= 15 is 0 Å². The molecule has 0 spiro atoms. The summed E-state index contributed by atoms with van der Waals surface area (Å²) in [5, 5.41) is 20.4. The van der Waals surface area contributed by atoms with Crippen molar-refractivity contribution in [1.82, 2.24) is 20.6 Å². The summed E-state index contributed by atoms with van der Waals surface area (Å²) >= 11 is 0. The molecule has 0 bridgehead atoms. The summed E-state index contributed by atoms with van der Waals surface area (Å²) in [6.45, 7) is 0. The van der Waals surface area contributed by atoms with Gasteiger partial charge in [-0.1, -0.05) is 10.5 Å². The molecule has 8 nitrogen and oxygen atoms in total. The second kappa shape index (κ2) is 4.36. The minimum atomic E-state index is -0.762. The molecule has 0 aliphatic rings. The van der Waals surface area contributed by atoms with Crippen LogP contribution in [0.25, 0.3) is 0 Å². The molecule has 0 radical (unpaired) electrons. The van der Waals surface area contributed by atoms with Crippen LogP contribution < -0.4 is 5.43 Å². The van der Waals surface area contributed by atoms with Gasteiger partial charge in [-0.25, -0.2) is 15.2 Å². The van der Waals surface area contributed by atoms with E-state index in [1.807, 2.05) is 0 Å².